The summed E-state index contributed by atoms with van der Waals surface area (Å²) in [6.45, 7) is 0.178. The Labute approximate surface area is 239 Å². The summed E-state index contributed by atoms with van der Waals surface area (Å²) >= 11 is 16.8. The average molecular weight is 584 g/mol. The molecular weight excluding hydrogens is 559 g/mol. The molecule has 0 saturated carbocycles. The van der Waals surface area contributed by atoms with Gasteiger partial charge in [-0.2, -0.15) is 5.10 Å². The number of nitrogens with zero attached hydrogens (tertiary/aromatic N) is 1. The fraction of sp³-hybridized carbons (Fsp3) is 0.172. The van der Waals surface area contributed by atoms with E-state index in [1.165, 1.54) is 23.3 Å². The highest BCUT2D eigenvalue weighted by molar-refractivity contribution is 8.19. The first kappa shape index (κ1) is 26.8. The Morgan fingerprint density at radius 3 is 2.42 bits per heavy atom. The standard InChI is InChI=1S/C29H24Cl2N2O3S2/c30-25-14-19(15-26(31)28(25)36-17-22-6-3-5-20-4-1-2-7-24(20)22)16-32-33-27(34)18-35-23-10-8-21(9-11-23)29-37-12-13-38-29/h1-11,14-16,29H,12-13,17-18H2,(H,33,34)/b32-16-. The highest BCUT2D eigenvalue weighted by Gasteiger charge is 2.18. The Morgan fingerprint density at radius 1 is 0.947 bits per heavy atom. The Hall–Kier alpha value is -2.84. The lowest BCUT2D eigenvalue weighted by molar-refractivity contribution is -0.123. The Balaban J connectivity index is 1.13. The summed E-state index contributed by atoms with van der Waals surface area (Å²) in [4.78, 5) is 12.2. The van der Waals surface area contributed by atoms with E-state index in [1.54, 1.807) is 12.1 Å². The van der Waals surface area contributed by atoms with Crippen LogP contribution in [0.2, 0.25) is 10.0 Å². The third-order valence-corrected chi connectivity index (χ3v) is 9.49. The molecule has 1 aliphatic heterocycles. The van der Waals surface area contributed by atoms with Gasteiger partial charge in [0.25, 0.3) is 5.91 Å². The van der Waals surface area contributed by atoms with Crippen LogP contribution in [0.3, 0.4) is 0 Å². The van der Waals surface area contributed by atoms with Crippen LogP contribution in [-0.2, 0) is 11.4 Å². The summed E-state index contributed by atoms with van der Waals surface area (Å²) in [7, 11) is 0. The van der Waals surface area contributed by atoms with Crippen LogP contribution in [0.1, 0.15) is 21.3 Å². The summed E-state index contributed by atoms with van der Waals surface area (Å²) in [6.07, 6.45) is 1.47. The molecule has 1 aliphatic rings. The molecule has 0 aliphatic carbocycles. The van der Waals surface area contributed by atoms with Crippen molar-refractivity contribution < 1.29 is 14.3 Å². The van der Waals surface area contributed by atoms with Crippen molar-refractivity contribution in [1.82, 2.24) is 5.43 Å². The molecule has 5 nitrogen and oxygen atoms in total. The average Bonchev–Trinajstić information content (AvgIpc) is 3.47. The Morgan fingerprint density at radius 2 is 1.66 bits per heavy atom. The zero-order valence-electron chi connectivity index (χ0n) is 20.2. The van der Waals surface area contributed by atoms with E-state index in [1.807, 2.05) is 72.1 Å². The van der Waals surface area contributed by atoms with E-state index >= 15 is 0 Å². The van der Waals surface area contributed by atoms with E-state index < -0.39 is 0 Å². The second kappa shape index (κ2) is 12.8. The molecule has 0 radical (unpaired) electrons. The molecule has 9 heteroatoms. The fourth-order valence-electron chi connectivity index (χ4n) is 3.99. The summed E-state index contributed by atoms with van der Waals surface area (Å²) in [5, 5.41) is 6.95. The van der Waals surface area contributed by atoms with Gasteiger partial charge in [-0.05, 0) is 51.7 Å². The predicted molar refractivity (Wildman–Crippen MR) is 160 cm³/mol. The first-order valence-corrected chi connectivity index (χ1v) is 14.8. The van der Waals surface area contributed by atoms with Crippen molar-refractivity contribution in [2.75, 3.05) is 18.1 Å². The number of thioether (sulfide) groups is 2. The molecule has 0 atom stereocenters. The first-order chi connectivity index (χ1) is 18.6. The van der Waals surface area contributed by atoms with Crippen LogP contribution in [0.15, 0.2) is 84.0 Å². The first-order valence-electron chi connectivity index (χ1n) is 11.9. The maximum absolute atomic E-state index is 12.2. The molecule has 194 valence electrons. The summed E-state index contributed by atoms with van der Waals surface area (Å²) in [6, 6.07) is 25.4. The van der Waals surface area contributed by atoms with Gasteiger partial charge in [-0.15, -0.1) is 23.5 Å². The molecule has 0 bridgehead atoms. The van der Waals surface area contributed by atoms with E-state index in [2.05, 4.69) is 28.7 Å². The van der Waals surface area contributed by atoms with E-state index in [4.69, 9.17) is 32.7 Å². The van der Waals surface area contributed by atoms with Crippen LogP contribution in [0.5, 0.6) is 11.5 Å². The quantitative estimate of drug-likeness (QED) is 0.161. The van der Waals surface area contributed by atoms with Gasteiger partial charge in [0.05, 0.1) is 20.8 Å². The van der Waals surface area contributed by atoms with E-state index in [9.17, 15) is 4.79 Å². The number of carbonyl (C=O) groups is 1. The van der Waals surface area contributed by atoms with Gasteiger partial charge in [0.2, 0.25) is 0 Å². The summed E-state index contributed by atoms with van der Waals surface area (Å²) < 4.78 is 12.0. The van der Waals surface area contributed by atoms with Gasteiger partial charge < -0.3 is 9.47 Å². The van der Waals surface area contributed by atoms with Gasteiger partial charge in [-0.1, -0.05) is 77.8 Å². The minimum absolute atomic E-state index is 0.147. The number of hydrazone groups is 1. The van der Waals surface area contributed by atoms with Crippen molar-refractivity contribution in [2.45, 2.75) is 11.2 Å². The zero-order valence-corrected chi connectivity index (χ0v) is 23.4. The number of benzene rings is 4. The number of halogens is 2. The molecule has 1 saturated heterocycles. The summed E-state index contributed by atoms with van der Waals surface area (Å²) in [5.41, 5.74) is 5.38. The van der Waals surface area contributed by atoms with Crippen LogP contribution in [0, 0.1) is 0 Å². The van der Waals surface area contributed by atoms with E-state index in [0.717, 1.165) is 16.3 Å². The molecule has 4 aromatic carbocycles. The SMILES string of the molecule is O=C(COc1ccc(C2SCCS2)cc1)N/N=C\c1cc(Cl)c(OCc2cccc3ccccc23)c(Cl)c1. The van der Waals surface area contributed by atoms with Crippen LogP contribution in [0.4, 0.5) is 0 Å². The van der Waals surface area contributed by atoms with Crippen molar-refractivity contribution in [1.29, 1.82) is 0 Å². The topological polar surface area (TPSA) is 59.9 Å². The van der Waals surface area contributed by atoms with Crippen molar-refractivity contribution >= 4 is 69.6 Å². The Bertz CT molecular complexity index is 1430. The predicted octanol–water partition coefficient (Wildman–Crippen LogP) is 7.73. The number of hydrogen-bond donors (Lipinski definition) is 1. The molecule has 0 aromatic heterocycles. The normalized spacial score (nSPS) is 13.7. The lowest BCUT2D eigenvalue weighted by Crippen LogP contribution is -2.24. The van der Waals surface area contributed by atoms with Gasteiger partial charge in [0.15, 0.2) is 12.4 Å². The highest BCUT2D eigenvalue weighted by Crippen LogP contribution is 2.45. The highest BCUT2D eigenvalue weighted by atomic mass is 35.5. The molecule has 1 N–H and O–H groups in total. The molecule has 5 rings (SSSR count). The van der Waals surface area contributed by atoms with Gasteiger partial charge in [0.1, 0.15) is 12.4 Å². The minimum atomic E-state index is -0.375. The molecule has 1 fully saturated rings. The number of nitrogens with one attached hydrogen (secondary N) is 1. The van der Waals surface area contributed by atoms with Gasteiger partial charge in [0, 0.05) is 11.5 Å². The third kappa shape index (κ3) is 6.77. The number of amides is 1. The van der Waals surface area contributed by atoms with Crippen LogP contribution in [0.25, 0.3) is 10.8 Å². The van der Waals surface area contributed by atoms with Crippen LogP contribution >= 0.6 is 46.7 Å². The second-order valence-corrected chi connectivity index (χ2v) is 12.0. The Kier molecular flexibility index (Phi) is 9.02. The molecule has 1 amide bonds. The van der Waals surface area contributed by atoms with Crippen molar-refractivity contribution in [2.24, 2.45) is 5.10 Å². The van der Waals surface area contributed by atoms with Gasteiger partial charge >= 0.3 is 0 Å². The molecule has 1 heterocycles. The van der Waals surface area contributed by atoms with Gasteiger partial charge in [-0.3, -0.25) is 4.79 Å². The maximum Gasteiger partial charge on any atom is 0.277 e. The fourth-order valence-corrected chi connectivity index (χ4v) is 7.46. The van der Waals surface area contributed by atoms with Crippen LogP contribution in [-0.4, -0.2) is 30.2 Å². The maximum atomic E-state index is 12.2. The van der Waals surface area contributed by atoms with Crippen molar-refractivity contribution in [3.63, 3.8) is 0 Å². The van der Waals surface area contributed by atoms with Gasteiger partial charge in [-0.25, -0.2) is 5.43 Å². The molecule has 0 unspecified atom stereocenters. The lowest BCUT2D eigenvalue weighted by atomic mass is 10.1. The van der Waals surface area contributed by atoms with E-state index in [-0.39, 0.29) is 12.5 Å². The molecule has 4 aromatic rings. The molecule has 38 heavy (non-hydrogen) atoms. The number of carbonyl (C=O) groups excluding carboxylic acids is 1. The van der Waals surface area contributed by atoms with Crippen molar-refractivity contribution in [3.8, 4) is 11.5 Å². The number of hydrogen-bond acceptors (Lipinski definition) is 6. The second-order valence-electron chi connectivity index (χ2n) is 8.47. The largest absolute Gasteiger partial charge is 0.486 e. The lowest BCUT2D eigenvalue weighted by Gasteiger charge is -2.12. The zero-order chi connectivity index (χ0) is 26.3. The number of rotatable bonds is 9. The molecular formula is C29H24Cl2N2O3S2. The summed E-state index contributed by atoms with van der Waals surface area (Å²) in [5.74, 6) is 3.01. The smallest absolute Gasteiger partial charge is 0.277 e. The third-order valence-electron chi connectivity index (χ3n) is 5.82. The van der Waals surface area contributed by atoms with Crippen LogP contribution < -0.4 is 14.9 Å². The molecule has 0 spiro atoms. The monoisotopic (exact) mass is 582 g/mol. The van der Waals surface area contributed by atoms with Crippen molar-refractivity contribution in [3.05, 3.63) is 106 Å². The number of ether oxygens (including phenoxy) is 2. The van der Waals surface area contributed by atoms with E-state index in [0.29, 0.717) is 38.3 Å². The minimum Gasteiger partial charge on any atom is -0.486 e. The number of fused-ring (bicyclic) bond motifs is 1.